The summed E-state index contributed by atoms with van der Waals surface area (Å²) in [5.74, 6) is 0.151. The Hall–Kier alpha value is -2.67. The highest BCUT2D eigenvalue weighted by Crippen LogP contribution is 2.14. The van der Waals surface area contributed by atoms with E-state index in [9.17, 15) is 4.79 Å². The molecule has 1 fully saturated rings. The molecule has 1 atom stereocenters. The number of hydrogen-bond acceptors (Lipinski definition) is 4. The van der Waals surface area contributed by atoms with Crippen LogP contribution in [-0.4, -0.2) is 55.9 Å². The zero-order valence-corrected chi connectivity index (χ0v) is 14.0. The van der Waals surface area contributed by atoms with Gasteiger partial charge in [0.1, 0.15) is 0 Å². The maximum absolute atomic E-state index is 12.6. The highest BCUT2D eigenvalue weighted by Gasteiger charge is 2.24. The molecule has 130 valence electrons. The van der Waals surface area contributed by atoms with Crippen molar-refractivity contribution >= 4 is 16.8 Å². The molecule has 1 aromatic carbocycles. The number of ether oxygens (including phenoxy) is 1. The van der Waals surface area contributed by atoms with Gasteiger partial charge in [0.05, 0.1) is 43.8 Å². The molecule has 1 aliphatic heterocycles. The quantitative estimate of drug-likeness (QED) is 0.707. The highest BCUT2D eigenvalue weighted by atomic mass is 16.5. The molecule has 2 aromatic heterocycles. The monoisotopic (exact) mass is 339 g/mol. The average Bonchev–Trinajstić information content (AvgIpc) is 3.30. The van der Waals surface area contributed by atoms with Gasteiger partial charge in [0.15, 0.2) is 0 Å². The number of carbonyl (C=O) groups is 1. The predicted molar refractivity (Wildman–Crippen MR) is 92.9 cm³/mol. The van der Waals surface area contributed by atoms with Crippen LogP contribution in [0.25, 0.3) is 10.9 Å². The molecule has 3 heterocycles. The molecule has 7 heteroatoms. The average molecular weight is 339 g/mol. The van der Waals surface area contributed by atoms with Gasteiger partial charge in [-0.15, -0.1) is 0 Å². The van der Waals surface area contributed by atoms with Gasteiger partial charge in [-0.3, -0.25) is 9.48 Å². The van der Waals surface area contributed by atoms with Crippen molar-refractivity contribution in [3.8, 4) is 0 Å². The molecule has 25 heavy (non-hydrogen) atoms. The Morgan fingerprint density at radius 3 is 3.12 bits per heavy atom. The number of carbonyl (C=O) groups excluding carboxylic acids is 1. The molecule has 7 nitrogen and oxygen atoms in total. The summed E-state index contributed by atoms with van der Waals surface area (Å²) in [6.45, 7) is 3.16. The van der Waals surface area contributed by atoms with Crippen LogP contribution in [0.5, 0.6) is 0 Å². The molecule has 1 amide bonds. The smallest absolute Gasteiger partial charge is 0.224 e. The third-order valence-corrected chi connectivity index (χ3v) is 4.55. The molecule has 3 aromatic rings. The van der Waals surface area contributed by atoms with Crippen molar-refractivity contribution in [1.82, 2.24) is 24.2 Å². The largest absolute Gasteiger partial charge is 0.373 e. The van der Waals surface area contributed by atoms with Crippen LogP contribution in [0.1, 0.15) is 6.42 Å². The van der Waals surface area contributed by atoms with Gasteiger partial charge in [-0.05, 0) is 6.07 Å². The minimum atomic E-state index is 0.0115. The van der Waals surface area contributed by atoms with Gasteiger partial charge in [-0.1, -0.05) is 18.2 Å². The van der Waals surface area contributed by atoms with Crippen molar-refractivity contribution in [3.63, 3.8) is 0 Å². The second-order valence-corrected chi connectivity index (χ2v) is 6.27. The fourth-order valence-corrected chi connectivity index (χ4v) is 3.25. The van der Waals surface area contributed by atoms with Gasteiger partial charge in [-0.25, -0.2) is 4.98 Å². The van der Waals surface area contributed by atoms with E-state index in [4.69, 9.17) is 4.74 Å². The Morgan fingerprint density at radius 2 is 2.24 bits per heavy atom. The zero-order valence-electron chi connectivity index (χ0n) is 14.0. The maximum Gasteiger partial charge on any atom is 0.224 e. The van der Waals surface area contributed by atoms with E-state index in [1.807, 2.05) is 50.8 Å². The van der Waals surface area contributed by atoms with Crippen molar-refractivity contribution in [2.75, 3.05) is 19.7 Å². The van der Waals surface area contributed by atoms with Gasteiger partial charge in [0.2, 0.25) is 5.91 Å². The summed E-state index contributed by atoms with van der Waals surface area (Å²) in [4.78, 5) is 18.5. The van der Waals surface area contributed by atoms with E-state index in [0.717, 1.165) is 10.9 Å². The number of para-hydroxylation sites is 1. The van der Waals surface area contributed by atoms with E-state index in [1.165, 1.54) is 0 Å². The van der Waals surface area contributed by atoms with E-state index >= 15 is 0 Å². The summed E-state index contributed by atoms with van der Waals surface area (Å²) in [7, 11) is 0. The first kappa shape index (κ1) is 15.8. The molecular formula is C18H21N5O2. The number of morpholine rings is 1. The Kier molecular flexibility index (Phi) is 4.47. The molecule has 1 aliphatic rings. The first-order chi connectivity index (χ1) is 12.3. The van der Waals surface area contributed by atoms with Crippen LogP contribution in [-0.2, 0) is 22.6 Å². The van der Waals surface area contributed by atoms with Crippen molar-refractivity contribution in [2.45, 2.75) is 25.6 Å². The van der Waals surface area contributed by atoms with E-state index in [0.29, 0.717) is 39.2 Å². The maximum atomic E-state index is 12.6. The molecule has 1 saturated heterocycles. The number of rotatable bonds is 5. The molecule has 0 aliphatic carbocycles. The second-order valence-electron chi connectivity index (χ2n) is 6.27. The molecule has 0 N–H and O–H groups in total. The molecule has 0 radical (unpaired) electrons. The fourth-order valence-electron chi connectivity index (χ4n) is 3.25. The van der Waals surface area contributed by atoms with E-state index in [-0.39, 0.29) is 12.0 Å². The first-order valence-electron chi connectivity index (χ1n) is 8.55. The molecule has 0 spiro atoms. The summed E-state index contributed by atoms with van der Waals surface area (Å²) in [6, 6.07) is 8.05. The molecule has 1 unspecified atom stereocenters. The number of fused-ring (bicyclic) bond motifs is 1. The lowest BCUT2D eigenvalue weighted by atomic mass is 10.2. The van der Waals surface area contributed by atoms with Crippen molar-refractivity contribution < 1.29 is 9.53 Å². The number of benzene rings is 1. The minimum Gasteiger partial charge on any atom is -0.373 e. The summed E-state index contributed by atoms with van der Waals surface area (Å²) >= 11 is 0. The second kappa shape index (κ2) is 7.06. The molecule has 4 rings (SSSR count). The Balaban J connectivity index is 1.34. The summed E-state index contributed by atoms with van der Waals surface area (Å²) in [6.07, 6.45) is 7.73. The topological polar surface area (TPSA) is 65.2 Å². The lowest BCUT2D eigenvalue weighted by molar-refractivity contribution is -0.139. The number of aryl methyl sites for hydroxylation is 1. The number of nitrogens with zero attached hydrogens (tertiary/aromatic N) is 5. The SMILES string of the molecule is O=C(CCn1ncc2ccccc21)N1CCOC(Cn2ccnc2)C1. The number of aromatic nitrogens is 4. The summed E-state index contributed by atoms with van der Waals surface area (Å²) in [5.41, 5.74) is 1.07. The van der Waals surface area contributed by atoms with Crippen molar-refractivity contribution in [1.29, 1.82) is 0 Å². The van der Waals surface area contributed by atoms with Crippen molar-refractivity contribution in [3.05, 3.63) is 49.2 Å². The Bertz CT molecular complexity index is 842. The molecule has 0 saturated carbocycles. The summed E-state index contributed by atoms with van der Waals surface area (Å²) < 4.78 is 9.66. The van der Waals surface area contributed by atoms with Crippen molar-refractivity contribution in [2.24, 2.45) is 0 Å². The van der Waals surface area contributed by atoms with Crippen LogP contribution in [0.15, 0.2) is 49.2 Å². The zero-order chi connectivity index (χ0) is 17.1. The lowest BCUT2D eigenvalue weighted by Crippen LogP contribution is -2.47. The van der Waals surface area contributed by atoms with Crippen LogP contribution in [0.3, 0.4) is 0 Å². The first-order valence-corrected chi connectivity index (χ1v) is 8.55. The van der Waals surface area contributed by atoms with Crippen LogP contribution in [0.4, 0.5) is 0 Å². The minimum absolute atomic E-state index is 0.0115. The van der Waals surface area contributed by atoms with Crippen LogP contribution in [0, 0.1) is 0 Å². The van der Waals surface area contributed by atoms with Gasteiger partial charge < -0.3 is 14.2 Å². The van der Waals surface area contributed by atoms with Crippen LogP contribution >= 0.6 is 0 Å². The van der Waals surface area contributed by atoms with Gasteiger partial charge >= 0.3 is 0 Å². The van der Waals surface area contributed by atoms with E-state index in [2.05, 4.69) is 10.1 Å². The number of imidazole rings is 1. The van der Waals surface area contributed by atoms with E-state index in [1.54, 1.807) is 12.5 Å². The van der Waals surface area contributed by atoms with Gasteiger partial charge in [-0.2, -0.15) is 5.10 Å². The lowest BCUT2D eigenvalue weighted by Gasteiger charge is -2.33. The number of hydrogen-bond donors (Lipinski definition) is 0. The summed E-state index contributed by atoms with van der Waals surface area (Å²) in [5, 5.41) is 5.49. The standard InChI is InChI=1S/C18H21N5O2/c24-18(5-7-23-17-4-2-1-3-15(17)11-20-23)22-9-10-25-16(13-22)12-21-8-6-19-14-21/h1-4,6,8,11,14,16H,5,7,9-10,12-13H2. The Morgan fingerprint density at radius 1 is 1.32 bits per heavy atom. The third-order valence-electron chi connectivity index (χ3n) is 4.55. The molecular weight excluding hydrogens is 318 g/mol. The van der Waals surface area contributed by atoms with Crippen LogP contribution in [0.2, 0.25) is 0 Å². The highest BCUT2D eigenvalue weighted by molar-refractivity contribution is 5.79. The van der Waals surface area contributed by atoms with Gasteiger partial charge in [0, 0.05) is 37.3 Å². The molecule has 0 bridgehead atoms. The fraction of sp³-hybridized carbons (Fsp3) is 0.389. The van der Waals surface area contributed by atoms with Gasteiger partial charge in [0.25, 0.3) is 0 Å². The number of amides is 1. The predicted octanol–water partition coefficient (Wildman–Crippen LogP) is 1.55. The van der Waals surface area contributed by atoms with E-state index < -0.39 is 0 Å². The van der Waals surface area contributed by atoms with Crippen LogP contribution < -0.4 is 0 Å². The normalized spacial score (nSPS) is 17.9. The Labute approximate surface area is 145 Å². The third kappa shape index (κ3) is 3.56.